The van der Waals surface area contributed by atoms with E-state index in [0.29, 0.717) is 15.6 Å². The van der Waals surface area contributed by atoms with E-state index in [0.717, 1.165) is 0 Å². The van der Waals surface area contributed by atoms with Gasteiger partial charge < -0.3 is 14.8 Å². The number of ether oxygens (including phenoxy) is 2. The average Bonchev–Trinajstić information content (AvgIpc) is 2.62. The van der Waals surface area contributed by atoms with Crippen LogP contribution in [-0.2, 0) is 20.7 Å². The van der Waals surface area contributed by atoms with Gasteiger partial charge in [0.25, 0.3) is 0 Å². The van der Waals surface area contributed by atoms with Crippen LogP contribution < -0.4 is 5.32 Å². The Morgan fingerprint density at radius 2 is 1.65 bits per heavy atom. The molecule has 0 saturated heterocycles. The lowest BCUT2D eigenvalue weighted by Gasteiger charge is -2.12. The molecule has 0 radical (unpaired) electrons. The van der Waals surface area contributed by atoms with Crippen LogP contribution in [0.4, 0.5) is 5.69 Å². The van der Waals surface area contributed by atoms with Gasteiger partial charge in [-0.15, -0.1) is 0 Å². The summed E-state index contributed by atoms with van der Waals surface area (Å²) in [6.07, 6.45) is -0.0426. The number of rotatable bonds is 5. The molecule has 0 spiro atoms. The van der Waals surface area contributed by atoms with Crippen molar-refractivity contribution >= 4 is 46.7 Å². The Kier molecular flexibility index (Phi) is 6.60. The summed E-state index contributed by atoms with van der Waals surface area (Å²) in [5.41, 5.74) is 0.989. The van der Waals surface area contributed by atoms with Crippen LogP contribution in [-0.4, -0.2) is 32.1 Å². The maximum Gasteiger partial charge on any atom is 0.339 e. The Morgan fingerprint density at radius 1 is 0.962 bits per heavy atom. The predicted octanol–water partition coefficient (Wildman–Crippen LogP) is 3.75. The smallest absolute Gasteiger partial charge is 0.339 e. The number of benzene rings is 2. The summed E-state index contributed by atoms with van der Waals surface area (Å²) in [5, 5.41) is 3.40. The fraction of sp³-hybridized carbons (Fsp3) is 0.167. The summed E-state index contributed by atoms with van der Waals surface area (Å²) in [7, 11) is 2.45. The minimum atomic E-state index is -0.652. The van der Waals surface area contributed by atoms with Gasteiger partial charge in [0.2, 0.25) is 5.91 Å². The maximum absolute atomic E-state index is 12.4. The number of halogens is 2. The fourth-order valence-electron chi connectivity index (χ4n) is 2.21. The number of hydrogen-bond acceptors (Lipinski definition) is 5. The highest BCUT2D eigenvalue weighted by molar-refractivity contribution is 6.35. The Hall–Kier alpha value is -2.57. The molecule has 6 nitrogen and oxygen atoms in total. The third kappa shape index (κ3) is 4.74. The molecule has 1 N–H and O–H groups in total. The van der Waals surface area contributed by atoms with Crippen molar-refractivity contribution in [2.45, 2.75) is 6.42 Å². The van der Waals surface area contributed by atoms with E-state index in [1.165, 1.54) is 38.5 Å². The standard InChI is InChI=1S/C18H15Cl2NO5/c1-25-17(23)11-4-6-13(18(24)26-2)15(7-11)21-16(22)8-10-3-5-12(19)9-14(10)20/h3-7,9H,8H2,1-2H3,(H,21,22). The van der Waals surface area contributed by atoms with Gasteiger partial charge in [-0.2, -0.15) is 0 Å². The van der Waals surface area contributed by atoms with E-state index in [4.69, 9.17) is 27.9 Å². The van der Waals surface area contributed by atoms with Crippen molar-refractivity contribution in [3.8, 4) is 0 Å². The summed E-state index contributed by atoms with van der Waals surface area (Å²) >= 11 is 11.9. The van der Waals surface area contributed by atoms with Crippen LogP contribution >= 0.6 is 23.2 Å². The predicted molar refractivity (Wildman–Crippen MR) is 97.9 cm³/mol. The SMILES string of the molecule is COC(=O)c1ccc(C(=O)OC)c(NC(=O)Cc2ccc(Cl)cc2Cl)c1. The van der Waals surface area contributed by atoms with Gasteiger partial charge in [0.05, 0.1) is 37.5 Å². The number of carbonyl (C=O) groups is 3. The largest absolute Gasteiger partial charge is 0.465 e. The monoisotopic (exact) mass is 395 g/mol. The molecule has 136 valence electrons. The molecule has 0 saturated carbocycles. The first-order valence-corrected chi connectivity index (χ1v) is 8.15. The first-order chi connectivity index (χ1) is 12.3. The van der Waals surface area contributed by atoms with E-state index in [1.54, 1.807) is 12.1 Å². The van der Waals surface area contributed by atoms with Crippen LogP contribution in [0.5, 0.6) is 0 Å². The van der Waals surface area contributed by atoms with Gasteiger partial charge in [0, 0.05) is 10.0 Å². The second-order valence-corrected chi connectivity index (χ2v) is 6.05. The minimum absolute atomic E-state index is 0.0426. The van der Waals surface area contributed by atoms with E-state index in [2.05, 4.69) is 10.1 Å². The Bertz CT molecular complexity index is 867. The first kappa shape index (κ1) is 19.8. The van der Waals surface area contributed by atoms with Crippen LogP contribution in [0.15, 0.2) is 36.4 Å². The van der Waals surface area contributed by atoms with Crippen LogP contribution in [0.3, 0.4) is 0 Å². The molecule has 0 unspecified atom stereocenters. The van der Waals surface area contributed by atoms with Gasteiger partial charge in [-0.05, 0) is 35.9 Å². The van der Waals surface area contributed by atoms with Crippen molar-refractivity contribution in [2.24, 2.45) is 0 Å². The van der Waals surface area contributed by atoms with E-state index in [1.807, 2.05) is 0 Å². The number of methoxy groups -OCH3 is 2. The zero-order valence-corrected chi connectivity index (χ0v) is 15.5. The van der Waals surface area contributed by atoms with E-state index in [-0.39, 0.29) is 23.2 Å². The van der Waals surface area contributed by atoms with Gasteiger partial charge in [-0.25, -0.2) is 9.59 Å². The Labute approximate surface area is 160 Å². The molecule has 0 aliphatic carbocycles. The molecule has 2 aromatic carbocycles. The van der Waals surface area contributed by atoms with E-state index < -0.39 is 17.8 Å². The third-order valence-electron chi connectivity index (χ3n) is 3.49. The lowest BCUT2D eigenvalue weighted by molar-refractivity contribution is -0.115. The van der Waals surface area contributed by atoms with Crippen molar-refractivity contribution in [2.75, 3.05) is 19.5 Å². The molecule has 2 aromatic rings. The molecule has 0 heterocycles. The van der Waals surface area contributed by atoms with Crippen LogP contribution in [0, 0.1) is 0 Å². The second kappa shape index (κ2) is 8.69. The van der Waals surface area contributed by atoms with Gasteiger partial charge in [-0.1, -0.05) is 29.3 Å². The van der Waals surface area contributed by atoms with E-state index in [9.17, 15) is 14.4 Å². The third-order valence-corrected chi connectivity index (χ3v) is 4.07. The quantitative estimate of drug-likeness (QED) is 0.779. The molecule has 26 heavy (non-hydrogen) atoms. The molecule has 8 heteroatoms. The van der Waals surface area contributed by atoms with Crippen LogP contribution in [0.1, 0.15) is 26.3 Å². The number of amides is 1. The highest BCUT2D eigenvalue weighted by Crippen LogP contribution is 2.23. The molecule has 2 rings (SSSR count). The molecule has 0 aliphatic heterocycles. The summed E-state index contributed by atoms with van der Waals surface area (Å²) < 4.78 is 9.34. The van der Waals surface area contributed by atoms with Crippen molar-refractivity contribution in [1.82, 2.24) is 0 Å². The average molecular weight is 396 g/mol. The van der Waals surface area contributed by atoms with Crippen LogP contribution in [0.2, 0.25) is 10.0 Å². The molecule has 1 amide bonds. The number of anilines is 1. The highest BCUT2D eigenvalue weighted by atomic mass is 35.5. The Balaban J connectivity index is 2.28. The molecule has 0 atom stereocenters. The highest BCUT2D eigenvalue weighted by Gasteiger charge is 2.18. The zero-order valence-electron chi connectivity index (χ0n) is 14.0. The van der Waals surface area contributed by atoms with Crippen molar-refractivity contribution < 1.29 is 23.9 Å². The van der Waals surface area contributed by atoms with Gasteiger partial charge in [0.1, 0.15) is 0 Å². The summed E-state index contributed by atoms with van der Waals surface area (Å²) in [4.78, 5) is 35.9. The first-order valence-electron chi connectivity index (χ1n) is 7.40. The van der Waals surface area contributed by atoms with Gasteiger partial charge in [0.15, 0.2) is 0 Å². The topological polar surface area (TPSA) is 81.7 Å². The van der Waals surface area contributed by atoms with Crippen molar-refractivity contribution in [3.63, 3.8) is 0 Å². The molecule has 0 aliphatic rings. The molecule has 0 bridgehead atoms. The molecular weight excluding hydrogens is 381 g/mol. The number of esters is 2. The fourth-order valence-corrected chi connectivity index (χ4v) is 2.69. The van der Waals surface area contributed by atoms with Gasteiger partial charge >= 0.3 is 11.9 Å². The lowest BCUT2D eigenvalue weighted by Crippen LogP contribution is -2.18. The van der Waals surface area contributed by atoms with E-state index >= 15 is 0 Å². The van der Waals surface area contributed by atoms with Crippen molar-refractivity contribution in [3.05, 3.63) is 63.1 Å². The molecular formula is C18H15Cl2NO5. The second-order valence-electron chi connectivity index (χ2n) is 5.20. The maximum atomic E-state index is 12.4. The van der Waals surface area contributed by atoms with Crippen LogP contribution in [0.25, 0.3) is 0 Å². The summed E-state index contributed by atoms with van der Waals surface area (Å²) in [6, 6.07) is 8.92. The number of carbonyl (C=O) groups excluding carboxylic acids is 3. The number of nitrogens with one attached hydrogen (secondary N) is 1. The minimum Gasteiger partial charge on any atom is -0.465 e. The molecule has 0 aromatic heterocycles. The van der Waals surface area contributed by atoms with Crippen molar-refractivity contribution in [1.29, 1.82) is 0 Å². The normalized spacial score (nSPS) is 10.2. The summed E-state index contributed by atoms with van der Waals surface area (Å²) in [5.74, 6) is -1.68. The molecule has 0 fully saturated rings. The zero-order chi connectivity index (χ0) is 19.3. The number of hydrogen-bond donors (Lipinski definition) is 1. The van der Waals surface area contributed by atoms with Gasteiger partial charge in [-0.3, -0.25) is 4.79 Å². The lowest BCUT2D eigenvalue weighted by atomic mass is 10.1. The summed E-state index contributed by atoms with van der Waals surface area (Å²) in [6.45, 7) is 0. The Morgan fingerprint density at radius 3 is 2.27 bits per heavy atom.